The zero-order chi connectivity index (χ0) is 11.6. The maximum atomic E-state index is 11.8. The Balaban J connectivity index is 2.14. The number of hydrogen-bond acceptors (Lipinski definition) is 3. The maximum Gasteiger partial charge on any atom is 0.190 e. The van der Waals surface area contributed by atoms with Gasteiger partial charge in [0.25, 0.3) is 0 Å². The van der Waals surface area contributed by atoms with Crippen LogP contribution in [0.5, 0.6) is 0 Å². The predicted octanol–water partition coefficient (Wildman–Crippen LogP) is 2.60. The number of Topliss-reactive ketones (excluding diaryl/α,β-unsaturated/α-hetero) is 1. The predicted molar refractivity (Wildman–Crippen MR) is 61.1 cm³/mol. The molecule has 1 heterocycles. The van der Waals surface area contributed by atoms with Crippen LogP contribution in [-0.2, 0) is 14.3 Å². The van der Waals surface area contributed by atoms with E-state index in [0.29, 0.717) is 6.42 Å². The van der Waals surface area contributed by atoms with Crippen LogP contribution in [0, 0.1) is 0 Å². The number of hydrogen-bond donors (Lipinski definition) is 0. The minimum absolute atomic E-state index is 0.0311. The molecular formula is C13H20O3. The van der Waals surface area contributed by atoms with Gasteiger partial charge in [-0.2, -0.15) is 0 Å². The van der Waals surface area contributed by atoms with Gasteiger partial charge in [0.1, 0.15) is 12.2 Å². The summed E-state index contributed by atoms with van der Waals surface area (Å²) in [6.45, 7) is 5.74. The molecule has 0 N–H and O–H groups in total. The van der Waals surface area contributed by atoms with Crippen LogP contribution in [0.1, 0.15) is 45.4 Å². The average Bonchev–Trinajstić information content (AvgIpc) is 2.26. The molecular weight excluding hydrogens is 204 g/mol. The van der Waals surface area contributed by atoms with Crippen molar-refractivity contribution in [3.05, 3.63) is 12.7 Å². The highest BCUT2D eigenvalue weighted by Crippen LogP contribution is 2.40. The molecule has 0 amide bonds. The third-order valence-electron chi connectivity index (χ3n) is 3.62. The molecule has 90 valence electrons. The normalized spacial score (nSPS) is 33.9. The molecule has 1 spiro atoms. The van der Waals surface area contributed by atoms with E-state index in [1.54, 1.807) is 6.08 Å². The summed E-state index contributed by atoms with van der Waals surface area (Å²) >= 11 is 0. The van der Waals surface area contributed by atoms with E-state index < -0.39 is 11.4 Å². The zero-order valence-electron chi connectivity index (χ0n) is 9.96. The molecule has 2 fully saturated rings. The van der Waals surface area contributed by atoms with Crippen molar-refractivity contribution in [1.29, 1.82) is 0 Å². The second kappa shape index (κ2) is 4.30. The summed E-state index contributed by atoms with van der Waals surface area (Å²) in [5.41, 5.74) is -0.725. The first-order valence-corrected chi connectivity index (χ1v) is 6.09. The number of rotatable bonds is 2. The van der Waals surface area contributed by atoms with Gasteiger partial charge in [-0.25, -0.2) is 0 Å². The smallest absolute Gasteiger partial charge is 0.190 e. The fourth-order valence-corrected chi connectivity index (χ4v) is 2.61. The van der Waals surface area contributed by atoms with Gasteiger partial charge in [0.15, 0.2) is 11.6 Å². The van der Waals surface area contributed by atoms with E-state index in [2.05, 4.69) is 6.58 Å². The Morgan fingerprint density at radius 1 is 1.38 bits per heavy atom. The molecule has 0 bridgehead atoms. The van der Waals surface area contributed by atoms with Crippen LogP contribution >= 0.6 is 0 Å². The van der Waals surface area contributed by atoms with Crippen LogP contribution in [0.15, 0.2) is 12.7 Å². The van der Waals surface area contributed by atoms with Gasteiger partial charge in [-0.05, 0) is 19.8 Å². The lowest BCUT2D eigenvalue weighted by atomic mass is 9.89. The molecule has 1 aliphatic carbocycles. The lowest BCUT2D eigenvalue weighted by molar-refractivity contribution is -0.311. The molecule has 2 rings (SSSR count). The molecule has 2 aliphatic rings. The molecule has 1 saturated heterocycles. The topological polar surface area (TPSA) is 35.5 Å². The monoisotopic (exact) mass is 224 g/mol. The van der Waals surface area contributed by atoms with E-state index in [-0.39, 0.29) is 12.4 Å². The first-order valence-electron chi connectivity index (χ1n) is 6.09. The molecule has 0 aromatic carbocycles. The Morgan fingerprint density at radius 3 is 2.69 bits per heavy atom. The number of ketones is 1. The lowest BCUT2D eigenvalue weighted by Gasteiger charge is -2.47. The fraction of sp³-hybridized carbons (Fsp3) is 0.769. The minimum Gasteiger partial charge on any atom is -0.342 e. The van der Waals surface area contributed by atoms with Gasteiger partial charge in [0, 0.05) is 19.3 Å². The average molecular weight is 224 g/mol. The van der Waals surface area contributed by atoms with E-state index >= 15 is 0 Å². The van der Waals surface area contributed by atoms with Gasteiger partial charge in [-0.1, -0.05) is 12.5 Å². The Kier molecular flexibility index (Phi) is 3.17. The van der Waals surface area contributed by atoms with E-state index in [0.717, 1.165) is 25.7 Å². The largest absolute Gasteiger partial charge is 0.342 e. The van der Waals surface area contributed by atoms with E-state index in [1.807, 2.05) is 6.92 Å². The number of carbonyl (C=O) groups excluding carboxylic acids is 1. The van der Waals surface area contributed by atoms with Crippen LogP contribution in [0.4, 0.5) is 0 Å². The van der Waals surface area contributed by atoms with Crippen LogP contribution in [0.3, 0.4) is 0 Å². The van der Waals surface area contributed by atoms with Crippen molar-refractivity contribution in [2.45, 2.75) is 56.8 Å². The summed E-state index contributed by atoms with van der Waals surface area (Å²) in [6.07, 6.45) is 7.62. The minimum atomic E-state index is -0.725. The fourth-order valence-electron chi connectivity index (χ4n) is 2.61. The second-order valence-corrected chi connectivity index (χ2v) is 5.01. The Bertz CT molecular complexity index is 292. The van der Waals surface area contributed by atoms with Gasteiger partial charge < -0.3 is 9.47 Å². The van der Waals surface area contributed by atoms with Crippen molar-refractivity contribution in [3.8, 4) is 0 Å². The third kappa shape index (κ3) is 2.06. The van der Waals surface area contributed by atoms with Crippen LogP contribution in [0.25, 0.3) is 0 Å². The van der Waals surface area contributed by atoms with Crippen molar-refractivity contribution >= 4 is 5.78 Å². The molecule has 0 radical (unpaired) electrons. The summed E-state index contributed by atoms with van der Waals surface area (Å²) in [5, 5.41) is 0. The first-order chi connectivity index (χ1) is 7.60. The molecule has 16 heavy (non-hydrogen) atoms. The van der Waals surface area contributed by atoms with Crippen molar-refractivity contribution in [1.82, 2.24) is 0 Å². The van der Waals surface area contributed by atoms with Gasteiger partial charge in [0.2, 0.25) is 0 Å². The molecule has 0 aromatic heterocycles. The van der Waals surface area contributed by atoms with E-state index in [9.17, 15) is 4.79 Å². The molecule has 1 aliphatic heterocycles. The van der Waals surface area contributed by atoms with Crippen LogP contribution < -0.4 is 0 Å². The molecule has 1 atom stereocenters. The van der Waals surface area contributed by atoms with E-state index in [4.69, 9.17) is 9.47 Å². The van der Waals surface area contributed by atoms with Gasteiger partial charge >= 0.3 is 0 Å². The highest BCUT2D eigenvalue weighted by molar-refractivity contribution is 5.88. The number of carbonyl (C=O) groups is 1. The quantitative estimate of drug-likeness (QED) is 0.676. The Hall–Kier alpha value is -0.670. The third-order valence-corrected chi connectivity index (χ3v) is 3.62. The summed E-state index contributed by atoms with van der Waals surface area (Å²) < 4.78 is 11.7. The molecule has 0 aromatic rings. The lowest BCUT2D eigenvalue weighted by Crippen LogP contribution is -2.56. The highest BCUT2D eigenvalue weighted by Gasteiger charge is 2.48. The SMILES string of the molecule is C=CC[C@@]1(C)OC2(CCCCC2)OCC1=O. The summed E-state index contributed by atoms with van der Waals surface area (Å²) in [7, 11) is 0. The van der Waals surface area contributed by atoms with Gasteiger partial charge in [-0.3, -0.25) is 4.79 Å². The van der Waals surface area contributed by atoms with Crippen LogP contribution in [-0.4, -0.2) is 23.8 Å². The molecule has 0 unspecified atom stereocenters. The summed E-state index contributed by atoms with van der Waals surface area (Å²) in [5.74, 6) is -0.465. The van der Waals surface area contributed by atoms with Crippen molar-refractivity contribution in [3.63, 3.8) is 0 Å². The van der Waals surface area contributed by atoms with Crippen molar-refractivity contribution in [2.24, 2.45) is 0 Å². The van der Waals surface area contributed by atoms with Crippen LogP contribution in [0.2, 0.25) is 0 Å². The summed E-state index contributed by atoms with van der Waals surface area (Å²) in [4.78, 5) is 11.8. The molecule has 1 saturated carbocycles. The maximum absolute atomic E-state index is 11.8. The molecule has 3 nitrogen and oxygen atoms in total. The number of ether oxygens (including phenoxy) is 2. The van der Waals surface area contributed by atoms with Gasteiger partial charge in [-0.15, -0.1) is 6.58 Å². The second-order valence-electron chi connectivity index (χ2n) is 5.01. The van der Waals surface area contributed by atoms with Crippen molar-refractivity contribution < 1.29 is 14.3 Å². The molecule has 3 heteroatoms. The first kappa shape index (κ1) is 11.8. The zero-order valence-corrected chi connectivity index (χ0v) is 9.96. The summed E-state index contributed by atoms with van der Waals surface area (Å²) in [6, 6.07) is 0. The standard InChI is InChI=1S/C13H20O3/c1-3-7-12(2)11(14)10-15-13(16-12)8-5-4-6-9-13/h3H,1,4-10H2,2H3/t12-/m1/s1. The Morgan fingerprint density at radius 2 is 2.06 bits per heavy atom. The van der Waals surface area contributed by atoms with Gasteiger partial charge in [0.05, 0.1) is 0 Å². The highest BCUT2D eigenvalue weighted by atomic mass is 16.7. The van der Waals surface area contributed by atoms with Crippen molar-refractivity contribution in [2.75, 3.05) is 6.61 Å². The Labute approximate surface area is 96.8 Å². The van der Waals surface area contributed by atoms with E-state index in [1.165, 1.54) is 6.42 Å².